The van der Waals surface area contributed by atoms with Crippen molar-refractivity contribution in [2.24, 2.45) is 7.05 Å². The zero-order valence-electron chi connectivity index (χ0n) is 9.98. The summed E-state index contributed by atoms with van der Waals surface area (Å²) in [4.78, 5) is 12.0. The molecule has 0 spiro atoms. The average Bonchev–Trinajstić information content (AvgIpc) is 2.74. The summed E-state index contributed by atoms with van der Waals surface area (Å²) < 4.78 is 7.47. The van der Waals surface area contributed by atoms with Gasteiger partial charge in [0.15, 0.2) is 0 Å². The molecule has 0 bridgehead atoms. The molecular formula is C12H12BrN3O2. The lowest BCUT2D eigenvalue weighted by Crippen LogP contribution is -2.11. The summed E-state index contributed by atoms with van der Waals surface area (Å²) >= 11 is 3.34. The molecule has 94 valence electrons. The van der Waals surface area contributed by atoms with Gasteiger partial charge in [0.25, 0.3) is 5.91 Å². The van der Waals surface area contributed by atoms with Gasteiger partial charge in [-0.1, -0.05) is 0 Å². The molecule has 1 aromatic carbocycles. The zero-order valence-corrected chi connectivity index (χ0v) is 11.6. The first kappa shape index (κ1) is 12.6. The van der Waals surface area contributed by atoms with E-state index in [-0.39, 0.29) is 5.91 Å². The van der Waals surface area contributed by atoms with E-state index in [2.05, 4.69) is 26.3 Å². The standard InChI is InChI=1S/C12H12BrN3O2/c1-16-7-9(6-14-16)15-12(17)8-3-4-11(18-2)10(13)5-8/h3-7H,1-2H3,(H,15,17). The second-order valence-electron chi connectivity index (χ2n) is 3.71. The fourth-order valence-corrected chi connectivity index (χ4v) is 2.04. The molecule has 1 aromatic heterocycles. The summed E-state index contributed by atoms with van der Waals surface area (Å²) in [5.41, 5.74) is 1.21. The highest BCUT2D eigenvalue weighted by molar-refractivity contribution is 9.10. The van der Waals surface area contributed by atoms with E-state index in [4.69, 9.17) is 4.74 Å². The molecule has 1 heterocycles. The third-order valence-electron chi connectivity index (χ3n) is 2.38. The minimum atomic E-state index is -0.189. The van der Waals surface area contributed by atoms with Crippen molar-refractivity contribution in [2.75, 3.05) is 12.4 Å². The van der Waals surface area contributed by atoms with E-state index in [1.807, 2.05) is 0 Å². The first-order valence-electron chi connectivity index (χ1n) is 5.23. The number of nitrogens with zero attached hydrogens (tertiary/aromatic N) is 2. The number of carbonyl (C=O) groups excluding carboxylic acids is 1. The fourth-order valence-electron chi connectivity index (χ4n) is 1.50. The molecule has 2 rings (SSSR count). The minimum Gasteiger partial charge on any atom is -0.496 e. The van der Waals surface area contributed by atoms with Crippen molar-refractivity contribution in [2.45, 2.75) is 0 Å². The molecule has 0 fully saturated rings. The normalized spacial score (nSPS) is 10.2. The highest BCUT2D eigenvalue weighted by atomic mass is 79.9. The van der Waals surface area contributed by atoms with Crippen LogP contribution < -0.4 is 10.1 Å². The van der Waals surface area contributed by atoms with Gasteiger partial charge in [-0.15, -0.1) is 0 Å². The summed E-state index contributed by atoms with van der Waals surface area (Å²) in [5.74, 6) is 0.499. The van der Waals surface area contributed by atoms with Gasteiger partial charge >= 0.3 is 0 Å². The molecule has 0 aliphatic heterocycles. The van der Waals surface area contributed by atoms with Crippen LogP contribution in [0.15, 0.2) is 35.1 Å². The minimum absolute atomic E-state index is 0.189. The summed E-state index contributed by atoms with van der Waals surface area (Å²) in [7, 11) is 3.37. The van der Waals surface area contributed by atoms with Crippen LogP contribution in [-0.4, -0.2) is 22.8 Å². The summed E-state index contributed by atoms with van der Waals surface area (Å²) in [6.07, 6.45) is 3.33. The summed E-state index contributed by atoms with van der Waals surface area (Å²) in [6.45, 7) is 0. The zero-order chi connectivity index (χ0) is 13.1. The number of ether oxygens (including phenoxy) is 1. The topological polar surface area (TPSA) is 56.1 Å². The van der Waals surface area contributed by atoms with Crippen LogP contribution >= 0.6 is 15.9 Å². The Morgan fingerprint density at radius 1 is 1.50 bits per heavy atom. The van der Waals surface area contributed by atoms with E-state index in [0.29, 0.717) is 17.0 Å². The van der Waals surface area contributed by atoms with Crippen molar-refractivity contribution in [1.82, 2.24) is 9.78 Å². The molecule has 0 radical (unpaired) electrons. The van der Waals surface area contributed by atoms with Crippen LogP contribution in [0.5, 0.6) is 5.75 Å². The Balaban J connectivity index is 2.16. The third-order valence-corrected chi connectivity index (χ3v) is 3.00. The number of rotatable bonds is 3. The van der Waals surface area contributed by atoms with E-state index >= 15 is 0 Å². The summed E-state index contributed by atoms with van der Waals surface area (Å²) in [5, 5.41) is 6.74. The lowest BCUT2D eigenvalue weighted by Gasteiger charge is -2.06. The number of methoxy groups -OCH3 is 1. The number of carbonyl (C=O) groups is 1. The summed E-state index contributed by atoms with van der Waals surface area (Å²) in [6, 6.07) is 5.15. The Kier molecular flexibility index (Phi) is 3.66. The quantitative estimate of drug-likeness (QED) is 0.947. The van der Waals surface area contributed by atoms with Crippen molar-refractivity contribution in [3.05, 3.63) is 40.6 Å². The molecule has 0 unspecified atom stereocenters. The van der Waals surface area contributed by atoms with Gasteiger partial charge in [0.1, 0.15) is 5.75 Å². The number of aryl methyl sites for hydroxylation is 1. The fraction of sp³-hybridized carbons (Fsp3) is 0.167. The Morgan fingerprint density at radius 3 is 2.83 bits per heavy atom. The first-order chi connectivity index (χ1) is 8.60. The van der Waals surface area contributed by atoms with Crippen LogP contribution in [0.25, 0.3) is 0 Å². The number of anilines is 1. The Hall–Kier alpha value is -1.82. The number of benzene rings is 1. The molecule has 1 N–H and O–H groups in total. The Labute approximate surface area is 113 Å². The third kappa shape index (κ3) is 2.70. The number of amides is 1. The van der Waals surface area contributed by atoms with Crippen LogP contribution in [0.1, 0.15) is 10.4 Å². The monoisotopic (exact) mass is 309 g/mol. The average molecular weight is 310 g/mol. The predicted molar refractivity (Wildman–Crippen MR) is 71.9 cm³/mol. The Bertz CT molecular complexity index is 580. The van der Waals surface area contributed by atoms with Gasteiger partial charge < -0.3 is 10.1 Å². The van der Waals surface area contributed by atoms with Gasteiger partial charge in [0.05, 0.1) is 23.5 Å². The van der Waals surface area contributed by atoms with Gasteiger partial charge in [0.2, 0.25) is 0 Å². The number of hydrogen-bond donors (Lipinski definition) is 1. The smallest absolute Gasteiger partial charge is 0.255 e. The van der Waals surface area contributed by atoms with Crippen LogP contribution in [0.3, 0.4) is 0 Å². The van der Waals surface area contributed by atoms with Gasteiger partial charge in [-0.2, -0.15) is 5.10 Å². The van der Waals surface area contributed by atoms with Crippen molar-refractivity contribution < 1.29 is 9.53 Å². The molecule has 0 saturated heterocycles. The molecule has 0 atom stereocenters. The van der Waals surface area contributed by atoms with Gasteiger partial charge in [-0.05, 0) is 34.1 Å². The second-order valence-corrected chi connectivity index (χ2v) is 4.56. The van der Waals surface area contributed by atoms with E-state index in [1.54, 1.807) is 49.4 Å². The SMILES string of the molecule is COc1ccc(C(=O)Nc2cnn(C)c2)cc1Br. The largest absolute Gasteiger partial charge is 0.496 e. The molecule has 0 aliphatic carbocycles. The van der Waals surface area contributed by atoms with Crippen molar-refractivity contribution in [3.8, 4) is 5.75 Å². The maximum atomic E-state index is 12.0. The lowest BCUT2D eigenvalue weighted by molar-refractivity contribution is 0.102. The first-order valence-corrected chi connectivity index (χ1v) is 6.03. The molecule has 0 saturated carbocycles. The van der Waals surface area contributed by atoms with Crippen molar-refractivity contribution in [3.63, 3.8) is 0 Å². The number of nitrogens with one attached hydrogen (secondary N) is 1. The van der Waals surface area contributed by atoms with Crippen LogP contribution in [0.2, 0.25) is 0 Å². The number of aromatic nitrogens is 2. The van der Waals surface area contributed by atoms with Crippen LogP contribution in [0.4, 0.5) is 5.69 Å². The molecular weight excluding hydrogens is 298 g/mol. The molecule has 0 aliphatic rings. The van der Waals surface area contributed by atoms with Crippen LogP contribution in [0, 0.1) is 0 Å². The van der Waals surface area contributed by atoms with Crippen molar-refractivity contribution in [1.29, 1.82) is 0 Å². The second kappa shape index (κ2) is 5.22. The molecule has 6 heteroatoms. The molecule has 5 nitrogen and oxygen atoms in total. The van der Waals surface area contributed by atoms with Gasteiger partial charge in [-0.25, -0.2) is 0 Å². The maximum absolute atomic E-state index is 12.0. The lowest BCUT2D eigenvalue weighted by atomic mass is 10.2. The van der Waals surface area contributed by atoms with E-state index in [9.17, 15) is 4.79 Å². The maximum Gasteiger partial charge on any atom is 0.255 e. The van der Waals surface area contributed by atoms with E-state index in [1.165, 1.54) is 0 Å². The molecule has 2 aromatic rings. The highest BCUT2D eigenvalue weighted by Gasteiger charge is 2.09. The number of hydrogen-bond acceptors (Lipinski definition) is 3. The van der Waals surface area contributed by atoms with Crippen LogP contribution in [-0.2, 0) is 7.05 Å². The van der Waals surface area contributed by atoms with E-state index in [0.717, 1.165) is 4.47 Å². The number of halogens is 1. The van der Waals surface area contributed by atoms with Gasteiger partial charge in [0, 0.05) is 18.8 Å². The van der Waals surface area contributed by atoms with E-state index < -0.39 is 0 Å². The predicted octanol–water partition coefficient (Wildman–Crippen LogP) is 2.44. The molecule has 18 heavy (non-hydrogen) atoms. The highest BCUT2D eigenvalue weighted by Crippen LogP contribution is 2.25. The Morgan fingerprint density at radius 2 is 2.28 bits per heavy atom. The van der Waals surface area contributed by atoms with Crippen molar-refractivity contribution >= 4 is 27.5 Å². The van der Waals surface area contributed by atoms with Gasteiger partial charge in [-0.3, -0.25) is 9.48 Å². The molecule has 1 amide bonds.